The number of nitrogens with zero attached hydrogens (tertiary/aromatic N) is 1. The molecule has 0 saturated carbocycles. The summed E-state index contributed by atoms with van der Waals surface area (Å²) in [7, 11) is 0. The molecule has 0 aromatic heterocycles. The Hall–Kier alpha value is -3.44. The fourth-order valence-corrected chi connectivity index (χ4v) is 5.27. The number of nitrogens with one attached hydrogen (secondary N) is 1. The van der Waals surface area contributed by atoms with Gasteiger partial charge in [-0.2, -0.15) is 0 Å². The van der Waals surface area contributed by atoms with Crippen LogP contribution in [0, 0.1) is 5.41 Å². The number of hydrogen-bond donors (Lipinski definition) is 4. The number of imide groups is 1. The van der Waals surface area contributed by atoms with Crippen molar-refractivity contribution >= 4 is 23.7 Å². The minimum Gasteiger partial charge on any atom is -0.462 e. The molecule has 2 aliphatic heterocycles. The summed E-state index contributed by atoms with van der Waals surface area (Å²) in [5, 5.41) is 33.4. The van der Waals surface area contributed by atoms with E-state index in [1.807, 2.05) is 12.1 Å². The molecule has 0 unspecified atom stereocenters. The van der Waals surface area contributed by atoms with Crippen LogP contribution in [0.25, 0.3) is 0 Å². The number of rotatable bonds is 23. The number of carbonyl (C=O) groups excluding carboxylic acids is 4. The number of amides is 3. The molecule has 5 atom stereocenters. The van der Waals surface area contributed by atoms with Crippen molar-refractivity contribution in [1.82, 2.24) is 10.2 Å². The normalized spacial score (nSPS) is 21.8. The van der Waals surface area contributed by atoms with E-state index in [4.69, 9.17) is 28.4 Å². The van der Waals surface area contributed by atoms with E-state index in [-0.39, 0.29) is 30.3 Å². The first kappa shape index (κ1) is 43.0. The van der Waals surface area contributed by atoms with Gasteiger partial charge in [0.25, 0.3) is 11.8 Å². The average Bonchev–Trinajstić information content (AvgIpc) is 3.43. The Labute approximate surface area is 305 Å². The second-order valence-electron chi connectivity index (χ2n) is 13.8. The quantitative estimate of drug-likeness (QED) is 0.0718. The van der Waals surface area contributed by atoms with Crippen molar-refractivity contribution in [3.63, 3.8) is 0 Å². The van der Waals surface area contributed by atoms with Crippen LogP contribution >= 0.6 is 0 Å². The Balaban J connectivity index is 1.24. The number of benzene rings is 1. The molecule has 0 radical (unpaired) electrons. The van der Waals surface area contributed by atoms with Gasteiger partial charge in [0.15, 0.2) is 0 Å². The predicted octanol–water partition coefficient (Wildman–Crippen LogP) is 1.57. The number of aliphatic hydroxyl groups is 3. The molecule has 0 spiro atoms. The molecule has 15 nitrogen and oxygen atoms in total. The molecule has 0 aliphatic carbocycles. The third-order valence-electron chi connectivity index (χ3n) is 8.40. The fourth-order valence-electron chi connectivity index (χ4n) is 5.27. The lowest BCUT2D eigenvalue weighted by Crippen LogP contribution is -2.58. The predicted molar refractivity (Wildman–Crippen MR) is 187 cm³/mol. The van der Waals surface area contributed by atoms with Gasteiger partial charge in [0.1, 0.15) is 30.7 Å². The smallest absolute Gasteiger partial charge is 0.311 e. The maximum Gasteiger partial charge on any atom is 0.311 e. The van der Waals surface area contributed by atoms with Crippen LogP contribution in [0.4, 0.5) is 0 Å². The van der Waals surface area contributed by atoms with E-state index in [0.29, 0.717) is 89.7 Å². The Morgan fingerprint density at radius 1 is 0.846 bits per heavy atom. The monoisotopic (exact) mass is 736 g/mol. The summed E-state index contributed by atoms with van der Waals surface area (Å²) in [6.45, 7) is 10.0. The van der Waals surface area contributed by atoms with Crippen LogP contribution in [-0.4, -0.2) is 127 Å². The summed E-state index contributed by atoms with van der Waals surface area (Å²) in [5.41, 5.74) is 0.824. The van der Waals surface area contributed by atoms with Crippen molar-refractivity contribution in [3.05, 3.63) is 41.5 Å². The molecule has 1 aromatic carbocycles. The van der Waals surface area contributed by atoms with Crippen molar-refractivity contribution in [3.8, 4) is 5.75 Å². The van der Waals surface area contributed by atoms with E-state index in [1.165, 1.54) is 17.1 Å². The van der Waals surface area contributed by atoms with Crippen molar-refractivity contribution < 1.29 is 62.9 Å². The second-order valence-corrected chi connectivity index (χ2v) is 13.8. The highest BCUT2D eigenvalue weighted by Gasteiger charge is 2.43. The molecule has 3 amide bonds. The van der Waals surface area contributed by atoms with Gasteiger partial charge in [-0.25, -0.2) is 0 Å². The summed E-state index contributed by atoms with van der Waals surface area (Å²) >= 11 is 0. The van der Waals surface area contributed by atoms with Gasteiger partial charge in [-0.3, -0.25) is 24.1 Å². The zero-order chi connectivity index (χ0) is 38.1. The second kappa shape index (κ2) is 21.9. The molecule has 15 heteroatoms. The highest BCUT2D eigenvalue weighted by Crippen LogP contribution is 2.29. The van der Waals surface area contributed by atoms with Gasteiger partial charge in [0.2, 0.25) is 12.2 Å². The highest BCUT2D eigenvalue weighted by molar-refractivity contribution is 6.12. The maximum atomic E-state index is 12.5. The Morgan fingerprint density at radius 2 is 1.50 bits per heavy atom. The Kier molecular flexibility index (Phi) is 18.1. The summed E-state index contributed by atoms with van der Waals surface area (Å²) in [6, 6.07) is 5.41. The summed E-state index contributed by atoms with van der Waals surface area (Å²) in [4.78, 5) is 48.6. The van der Waals surface area contributed by atoms with Gasteiger partial charge in [0.05, 0.1) is 44.6 Å². The van der Waals surface area contributed by atoms with Crippen LogP contribution < -0.4 is 10.1 Å². The molecule has 3 rings (SSSR count). The number of esters is 1. The third kappa shape index (κ3) is 14.5. The van der Waals surface area contributed by atoms with Crippen LogP contribution in [0.3, 0.4) is 0 Å². The topological polar surface area (TPSA) is 200 Å². The molecule has 0 bridgehead atoms. The molecule has 2 aliphatic rings. The Morgan fingerprint density at radius 3 is 2.17 bits per heavy atom. The lowest BCUT2D eigenvalue weighted by Gasteiger charge is -2.39. The Bertz CT molecular complexity index is 1310. The van der Waals surface area contributed by atoms with Crippen molar-refractivity contribution in [1.29, 1.82) is 0 Å². The lowest BCUT2D eigenvalue weighted by atomic mass is 9.97. The van der Waals surface area contributed by atoms with E-state index in [1.54, 1.807) is 33.8 Å². The number of carbonyl (C=O) groups is 4. The van der Waals surface area contributed by atoms with E-state index in [0.717, 1.165) is 18.4 Å². The van der Waals surface area contributed by atoms with Crippen molar-refractivity contribution in [2.75, 3.05) is 52.7 Å². The van der Waals surface area contributed by atoms with Gasteiger partial charge in [-0.15, -0.1) is 0 Å². The van der Waals surface area contributed by atoms with Gasteiger partial charge < -0.3 is 49.1 Å². The van der Waals surface area contributed by atoms with E-state index in [9.17, 15) is 34.5 Å². The molecule has 2 heterocycles. The van der Waals surface area contributed by atoms with Crippen LogP contribution in [0.15, 0.2) is 30.4 Å². The average molecular weight is 737 g/mol. The molecule has 52 heavy (non-hydrogen) atoms. The minimum absolute atomic E-state index is 0.0657. The SMILES string of the molecule is C[C@H]1O[C@@H](Oc2ccc(CCCOCCOCCOCCNC(=O)CCCCCN3C(=O)C=CC3=O)cc2COC(=O)C(C)(C)C)[C@H](O)[C@@H](O)[C@@H]1O. The van der Waals surface area contributed by atoms with E-state index in [2.05, 4.69) is 5.32 Å². The molecule has 4 N–H and O–H groups in total. The van der Waals surface area contributed by atoms with Crippen LogP contribution in [-0.2, 0) is 55.9 Å². The first-order valence-corrected chi connectivity index (χ1v) is 18.0. The zero-order valence-corrected chi connectivity index (χ0v) is 30.8. The van der Waals surface area contributed by atoms with Gasteiger partial charge in [0, 0.05) is 43.8 Å². The number of unbranched alkanes of at least 4 members (excludes halogenated alkanes) is 2. The molecule has 292 valence electrons. The van der Waals surface area contributed by atoms with Crippen LogP contribution in [0.5, 0.6) is 5.75 Å². The number of aryl methyl sites for hydroxylation is 1. The van der Waals surface area contributed by atoms with Gasteiger partial charge in [-0.05, 0) is 71.1 Å². The molecular formula is C37H56N2O13. The standard InChI is InChI=1S/C37H56N2O13/c1-25-32(43)33(44)34(45)35(51-25)52-28-12-11-26(23-27(28)24-50-36(46)37(2,3)4)9-8-17-47-19-21-49-22-20-48-18-15-38-29(40)10-6-5-7-16-39-30(41)13-14-31(39)42/h11-14,23,25,32-35,43-45H,5-10,15-22,24H2,1-4H3,(H,38,40)/t25-,32-,33+,34-,35+/m1/s1. The molecule has 1 saturated heterocycles. The lowest BCUT2D eigenvalue weighted by molar-refractivity contribution is -0.268. The largest absolute Gasteiger partial charge is 0.462 e. The van der Waals surface area contributed by atoms with Crippen molar-refractivity contribution in [2.45, 2.75) is 104 Å². The first-order valence-electron chi connectivity index (χ1n) is 18.0. The zero-order valence-electron chi connectivity index (χ0n) is 30.8. The van der Waals surface area contributed by atoms with Gasteiger partial charge in [-0.1, -0.05) is 12.5 Å². The minimum atomic E-state index is -1.48. The summed E-state index contributed by atoms with van der Waals surface area (Å²) in [6.07, 6.45) is 0.225. The molecule has 1 aromatic rings. The van der Waals surface area contributed by atoms with Crippen LogP contribution in [0.1, 0.15) is 70.9 Å². The maximum absolute atomic E-state index is 12.5. The van der Waals surface area contributed by atoms with E-state index < -0.39 is 36.1 Å². The first-order chi connectivity index (χ1) is 24.8. The molecule has 1 fully saturated rings. The highest BCUT2D eigenvalue weighted by atomic mass is 16.7. The van der Waals surface area contributed by atoms with Gasteiger partial charge >= 0.3 is 5.97 Å². The van der Waals surface area contributed by atoms with Crippen molar-refractivity contribution in [2.24, 2.45) is 5.41 Å². The van der Waals surface area contributed by atoms with E-state index >= 15 is 0 Å². The number of ether oxygens (including phenoxy) is 6. The number of hydrogen-bond acceptors (Lipinski definition) is 13. The summed E-state index contributed by atoms with van der Waals surface area (Å²) < 4.78 is 33.8. The fraction of sp³-hybridized carbons (Fsp3) is 0.676. The summed E-state index contributed by atoms with van der Waals surface area (Å²) in [5.74, 6) is -0.700. The third-order valence-corrected chi connectivity index (χ3v) is 8.40. The molecular weight excluding hydrogens is 680 g/mol. The number of aliphatic hydroxyl groups excluding tert-OH is 3. The van der Waals surface area contributed by atoms with Crippen LogP contribution in [0.2, 0.25) is 0 Å².